The standard InChI is InChI=1S/C19H18FN3O2/c1-25-19(24)17-9-16(7-8-18(17)20)21-10-15-11-22-23(13-15)12-14-5-3-2-4-6-14/h2-9,11,13,21H,10,12H2,1H3. The number of nitrogens with zero attached hydrogens (tertiary/aromatic N) is 2. The number of hydrogen-bond donors (Lipinski definition) is 1. The van der Waals surface area contributed by atoms with Crippen LogP contribution in [0.15, 0.2) is 60.9 Å². The van der Waals surface area contributed by atoms with Gasteiger partial charge in [-0.15, -0.1) is 0 Å². The smallest absolute Gasteiger partial charge is 0.340 e. The summed E-state index contributed by atoms with van der Waals surface area (Å²) in [4.78, 5) is 11.5. The van der Waals surface area contributed by atoms with Crippen LogP contribution in [-0.4, -0.2) is 22.9 Å². The van der Waals surface area contributed by atoms with Gasteiger partial charge in [-0.2, -0.15) is 5.10 Å². The van der Waals surface area contributed by atoms with Gasteiger partial charge in [0.1, 0.15) is 5.82 Å². The molecular weight excluding hydrogens is 321 g/mol. The number of methoxy groups -OCH3 is 1. The van der Waals surface area contributed by atoms with Crippen LogP contribution in [0.3, 0.4) is 0 Å². The monoisotopic (exact) mass is 339 g/mol. The summed E-state index contributed by atoms with van der Waals surface area (Å²) in [5.41, 5.74) is 2.70. The minimum Gasteiger partial charge on any atom is -0.465 e. The molecule has 25 heavy (non-hydrogen) atoms. The molecule has 0 saturated heterocycles. The summed E-state index contributed by atoms with van der Waals surface area (Å²) in [5.74, 6) is -1.30. The summed E-state index contributed by atoms with van der Waals surface area (Å²) in [7, 11) is 1.23. The van der Waals surface area contributed by atoms with Crippen molar-refractivity contribution < 1.29 is 13.9 Å². The van der Waals surface area contributed by atoms with E-state index in [1.54, 1.807) is 12.3 Å². The molecule has 0 aliphatic rings. The first kappa shape index (κ1) is 16.7. The lowest BCUT2D eigenvalue weighted by molar-refractivity contribution is 0.0595. The second-order valence-corrected chi connectivity index (χ2v) is 5.57. The van der Waals surface area contributed by atoms with Gasteiger partial charge in [0.25, 0.3) is 0 Å². The Morgan fingerprint density at radius 2 is 2.00 bits per heavy atom. The van der Waals surface area contributed by atoms with Gasteiger partial charge in [-0.05, 0) is 23.8 Å². The molecule has 128 valence electrons. The zero-order valence-corrected chi connectivity index (χ0v) is 13.8. The lowest BCUT2D eigenvalue weighted by Gasteiger charge is -2.07. The van der Waals surface area contributed by atoms with Gasteiger partial charge in [-0.25, -0.2) is 9.18 Å². The minimum atomic E-state index is -0.697. The van der Waals surface area contributed by atoms with E-state index in [0.29, 0.717) is 18.8 Å². The molecule has 1 N–H and O–H groups in total. The Morgan fingerprint density at radius 3 is 2.76 bits per heavy atom. The van der Waals surface area contributed by atoms with Gasteiger partial charge in [0, 0.05) is 24.0 Å². The first-order valence-electron chi connectivity index (χ1n) is 7.82. The Hall–Kier alpha value is -3.15. The van der Waals surface area contributed by atoms with E-state index in [4.69, 9.17) is 0 Å². The second kappa shape index (κ2) is 7.61. The largest absolute Gasteiger partial charge is 0.465 e. The lowest BCUT2D eigenvalue weighted by Crippen LogP contribution is -2.06. The highest BCUT2D eigenvalue weighted by Gasteiger charge is 2.12. The molecule has 0 fully saturated rings. The maximum absolute atomic E-state index is 13.6. The van der Waals surface area contributed by atoms with Gasteiger partial charge >= 0.3 is 5.97 Å². The van der Waals surface area contributed by atoms with Crippen molar-refractivity contribution in [1.29, 1.82) is 0 Å². The Morgan fingerprint density at radius 1 is 1.20 bits per heavy atom. The molecule has 3 aromatic rings. The molecule has 2 aromatic carbocycles. The van der Waals surface area contributed by atoms with Crippen LogP contribution < -0.4 is 5.32 Å². The van der Waals surface area contributed by atoms with E-state index in [0.717, 1.165) is 5.56 Å². The highest BCUT2D eigenvalue weighted by Crippen LogP contribution is 2.16. The number of carbonyl (C=O) groups is 1. The van der Waals surface area contributed by atoms with Crippen molar-refractivity contribution in [3.05, 3.63) is 83.4 Å². The molecule has 0 aliphatic heterocycles. The maximum atomic E-state index is 13.6. The molecule has 6 heteroatoms. The predicted molar refractivity (Wildman–Crippen MR) is 92.8 cm³/mol. The molecule has 1 heterocycles. The molecule has 1 aromatic heterocycles. The number of anilines is 1. The van der Waals surface area contributed by atoms with Gasteiger partial charge in [-0.3, -0.25) is 4.68 Å². The van der Waals surface area contributed by atoms with Crippen molar-refractivity contribution in [2.75, 3.05) is 12.4 Å². The number of benzene rings is 2. The maximum Gasteiger partial charge on any atom is 0.340 e. The van der Waals surface area contributed by atoms with Crippen molar-refractivity contribution in [2.45, 2.75) is 13.1 Å². The quantitative estimate of drug-likeness (QED) is 0.699. The van der Waals surface area contributed by atoms with Crippen LogP contribution in [0.2, 0.25) is 0 Å². The summed E-state index contributed by atoms with van der Waals surface area (Å²) in [6.07, 6.45) is 3.73. The number of halogens is 1. The van der Waals surface area contributed by atoms with Crippen molar-refractivity contribution in [2.24, 2.45) is 0 Å². The van der Waals surface area contributed by atoms with Crippen molar-refractivity contribution in [3.63, 3.8) is 0 Å². The fraction of sp³-hybridized carbons (Fsp3) is 0.158. The van der Waals surface area contributed by atoms with Gasteiger partial charge in [0.15, 0.2) is 0 Å². The van der Waals surface area contributed by atoms with Crippen LogP contribution in [0.1, 0.15) is 21.5 Å². The summed E-state index contributed by atoms with van der Waals surface area (Å²) in [6, 6.07) is 14.3. The fourth-order valence-electron chi connectivity index (χ4n) is 2.46. The Balaban J connectivity index is 1.63. The SMILES string of the molecule is COC(=O)c1cc(NCc2cnn(Cc3ccccc3)c2)ccc1F. The van der Waals surface area contributed by atoms with E-state index < -0.39 is 11.8 Å². The Labute approximate surface area is 145 Å². The van der Waals surface area contributed by atoms with Crippen LogP contribution >= 0.6 is 0 Å². The van der Waals surface area contributed by atoms with E-state index >= 15 is 0 Å². The number of rotatable bonds is 6. The highest BCUT2D eigenvalue weighted by molar-refractivity contribution is 5.90. The van der Waals surface area contributed by atoms with E-state index in [2.05, 4.69) is 15.2 Å². The number of aromatic nitrogens is 2. The molecule has 0 aliphatic carbocycles. The van der Waals surface area contributed by atoms with Gasteiger partial charge in [-0.1, -0.05) is 30.3 Å². The normalized spacial score (nSPS) is 10.5. The first-order valence-corrected chi connectivity index (χ1v) is 7.82. The first-order chi connectivity index (χ1) is 12.2. The molecule has 5 nitrogen and oxygen atoms in total. The molecule has 0 spiro atoms. The Bertz CT molecular complexity index is 862. The molecule has 0 bridgehead atoms. The van der Waals surface area contributed by atoms with Crippen molar-refractivity contribution in [1.82, 2.24) is 9.78 Å². The van der Waals surface area contributed by atoms with E-state index in [-0.39, 0.29) is 5.56 Å². The van der Waals surface area contributed by atoms with Crippen LogP contribution in [0.5, 0.6) is 0 Å². The summed E-state index contributed by atoms with van der Waals surface area (Å²) >= 11 is 0. The van der Waals surface area contributed by atoms with Crippen molar-refractivity contribution in [3.8, 4) is 0 Å². The zero-order valence-electron chi connectivity index (χ0n) is 13.8. The second-order valence-electron chi connectivity index (χ2n) is 5.57. The van der Waals surface area contributed by atoms with E-state index in [1.807, 2.05) is 41.2 Å². The fourth-order valence-corrected chi connectivity index (χ4v) is 2.46. The Kier molecular flexibility index (Phi) is 5.09. The summed E-state index contributed by atoms with van der Waals surface area (Å²) < 4.78 is 20.1. The molecule has 0 radical (unpaired) electrons. The number of carbonyl (C=O) groups excluding carboxylic acids is 1. The highest BCUT2D eigenvalue weighted by atomic mass is 19.1. The van der Waals surface area contributed by atoms with Crippen LogP contribution in [0.4, 0.5) is 10.1 Å². The van der Waals surface area contributed by atoms with Crippen LogP contribution in [0, 0.1) is 5.82 Å². The predicted octanol–water partition coefficient (Wildman–Crippen LogP) is 3.47. The topological polar surface area (TPSA) is 56.1 Å². The number of ether oxygens (including phenoxy) is 1. The molecule has 0 saturated carbocycles. The van der Waals surface area contributed by atoms with Gasteiger partial charge < -0.3 is 10.1 Å². The third-order valence-corrected chi connectivity index (χ3v) is 3.74. The van der Waals surface area contributed by atoms with E-state index in [1.165, 1.54) is 24.8 Å². The summed E-state index contributed by atoms with van der Waals surface area (Å²) in [5, 5.41) is 7.50. The van der Waals surface area contributed by atoms with Crippen LogP contribution in [0.25, 0.3) is 0 Å². The van der Waals surface area contributed by atoms with Crippen LogP contribution in [-0.2, 0) is 17.8 Å². The van der Waals surface area contributed by atoms with Crippen molar-refractivity contribution >= 4 is 11.7 Å². The average molecular weight is 339 g/mol. The molecule has 3 rings (SSSR count). The third kappa shape index (κ3) is 4.23. The lowest BCUT2D eigenvalue weighted by atomic mass is 10.2. The molecule has 0 unspecified atom stereocenters. The number of nitrogens with one attached hydrogen (secondary N) is 1. The molecular formula is C19H18FN3O2. The molecule has 0 atom stereocenters. The zero-order chi connectivity index (χ0) is 17.6. The van der Waals surface area contributed by atoms with E-state index in [9.17, 15) is 9.18 Å². The molecule has 0 amide bonds. The summed E-state index contributed by atoms with van der Waals surface area (Å²) in [6.45, 7) is 1.21. The minimum absolute atomic E-state index is 0.0905. The van der Waals surface area contributed by atoms with Gasteiger partial charge in [0.05, 0.1) is 25.4 Å². The number of esters is 1. The number of hydrogen-bond acceptors (Lipinski definition) is 4. The average Bonchev–Trinajstić information content (AvgIpc) is 3.08. The third-order valence-electron chi connectivity index (χ3n) is 3.74. The van der Waals surface area contributed by atoms with Gasteiger partial charge in [0.2, 0.25) is 0 Å².